The van der Waals surface area contributed by atoms with E-state index in [-0.39, 0.29) is 5.75 Å². The first-order valence-electron chi connectivity index (χ1n) is 4.25. The molecule has 14 heavy (non-hydrogen) atoms. The lowest BCUT2D eigenvalue weighted by Gasteiger charge is -2.00. The molecule has 0 saturated heterocycles. The monoisotopic (exact) mass is 236 g/mol. The van der Waals surface area contributed by atoms with Crippen LogP contribution in [0.5, 0.6) is 0 Å². The maximum Gasteiger partial charge on any atom is 0.147 e. The molecular weight excluding hydrogens is 224 g/mol. The highest BCUT2D eigenvalue weighted by Gasteiger charge is 2.02. The molecule has 0 aliphatic heterocycles. The number of aromatic nitrogens is 2. The number of hydrogen-bond acceptors (Lipinski definition) is 3. The molecule has 0 aliphatic carbocycles. The van der Waals surface area contributed by atoms with E-state index < -0.39 is 9.84 Å². The van der Waals surface area contributed by atoms with Gasteiger partial charge in [0.2, 0.25) is 0 Å². The molecule has 1 aromatic rings. The van der Waals surface area contributed by atoms with Crippen LogP contribution >= 0.6 is 11.6 Å². The van der Waals surface area contributed by atoms with Crippen LogP contribution in [-0.2, 0) is 22.3 Å². The van der Waals surface area contributed by atoms with Crippen molar-refractivity contribution in [2.75, 3.05) is 12.0 Å². The number of aryl methyl sites for hydroxylation is 1. The number of rotatable bonds is 5. The van der Waals surface area contributed by atoms with Gasteiger partial charge < -0.3 is 4.57 Å². The molecule has 0 amide bonds. The van der Waals surface area contributed by atoms with Gasteiger partial charge in [0.25, 0.3) is 0 Å². The average Bonchev–Trinajstić information content (AvgIpc) is 2.50. The zero-order valence-corrected chi connectivity index (χ0v) is 9.55. The fraction of sp³-hybridized carbons (Fsp3) is 0.625. The molecule has 0 aliphatic rings. The Morgan fingerprint density at radius 1 is 1.57 bits per heavy atom. The standard InChI is InChI=1S/C8H13ClN2O2S/c1-14(12,13)4-2-3-11-6-8(5-9)10-7-11/h6-7H,2-5H2,1H3. The number of imidazole rings is 1. The molecule has 0 fully saturated rings. The summed E-state index contributed by atoms with van der Waals surface area (Å²) >= 11 is 5.58. The third-order valence-corrected chi connectivity index (χ3v) is 3.06. The Hall–Kier alpha value is -0.550. The van der Waals surface area contributed by atoms with Crippen LogP contribution in [0, 0.1) is 0 Å². The lowest BCUT2D eigenvalue weighted by molar-refractivity contribution is 0.592. The minimum atomic E-state index is -2.85. The van der Waals surface area contributed by atoms with Crippen LogP contribution in [0.4, 0.5) is 0 Å². The van der Waals surface area contributed by atoms with Crippen molar-refractivity contribution in [1.82, 2.24) is 9.55 Å². The molecule has 0 spiro atoms. The Balaban J connectivity index is 2.39. The molecule has 1 aromatic heterocycles. The maximum absolute atomic E-state index is 10.8. The van der Waals surface area contributed by atoms with E-state index in [0.717, 1.165) is 5.69 Å². The SMILES string of the molecule is CS(=O)(=O)CCCn1cnc(CCl)c1. The minimum Gasteiger partial charge on any atom is -0.337 e. The molecule has 1 rings (SSSR count). The summed E-state index contributed by atoms with van der Waals surface area (Å²) in [4.78, 5) is 4.03. The molecule has 0 saturated carbocycles. The predicted octanol–water partition coefficient (Wildman–Crippen LogP) is 1.06. The van der Waals surface area contributed by atoms with Gasteiger partial charge in [-0.15, -0.1) is 11.6 Å². The molecule has 0 radical (unpaired) electrons. The first-order valence-corrected chi connectivity index (χ1v) is 6.85. The van der Waals surface area contributed by atoms with Crippen LogP contribution < -0.4 is 0 Å². The van der Waals surface area contributed by atoms with E-state index in [9.17, 15) is 8.42 Å². The van der Waals surface area contributed by atoms with E-state index in [2.05, 4.69) is 4.98 Å². The van der Waals surface area contributed by atoms with Gasteiger partial charge in [0.15, 0.2) is 0 Å². The summed E-state index contributed by atoms with van der Waals surface area (Å²) in [6.07, 6.45) is 5.34. The number of halogens is 1. The molecule has 0 unspecified atom stereocenters. The molecule has 4 nitrogen and oxygen atoms in total. The van der Waals surface area contributed by atoms with Gasteiger partial charge in [-0.25, -0.2) is 13.4 Å². The van der Waals surface area contributed by atoms with Crippen molar-refractivity contribution in [1.29, 1.82) is 0 Å². The van der Waals surface area contributed by atoms with Gasteiger partial charge in [-0.3, -0.25) is 0 Å². The first kappa shape index (κ1) is 11.5. The summed E-state index contributed by atoms with van der Waals surface area (Å²) in [5, 5.41) is 0. The molecule has 0 aromatic carbocycles. The molecule has 6 heteroatoms. The fourth-order valence-electron chi connectivity index (χ4n) is 1.11. The van der Waals surface area contributed by atoms with E-state index in [4.69, 9.17) is 11.6 Å². The van der Waals surface area contributed by atoms with Crippen molar-refractivity contribution >= 4 is 21.4 Å². The van der Waals surface area contributed by atoms with Crippen molar-refractivity contribution in [2.24, 2.45) is 0 Å². The van der Waals surface area contributed by atoms with Crippen LogP contribution in [0.15, 0.2) is 12.5 Å². The highest BCUT2D eigenvalue weighted by molar-refractivity contribution is 7.90. The lowest BCUT2D eigenvalue weighted by Crippen LogP contribution is -2.06. The molecule has 80 valence electrons. The normalized spacial score (nSPS) is 11.9. The summed E-state index contributed by atoms with van der Waals surface area (Å²) in [5.74, 6) is 0.598. The van der Waals surface area contributed by atoms with Crippen LogP contribution in [0.2, 0.25) is 0 Å². The quantitative estimate of drug-likeness (QED) is 0.719. The maximum atomic E-state index is 10.8. The van der Waals surface area contributed by atoms with Crippen molar-refractivity contribution in [2.45, 2.75) is 18.8 Å². The summed E-state index contributed by atoms with van der Waals surface area (Å²) < 4.78 is 23.5. The van der Waals surface area contributed by atoms with E-state index in [0.29, 0.717) is 18.8 Å². The molecular formula is C8H13ClN2O2S. The Kier molecular flexibility index (Phi) is 3.95. The summed E-state index contributed by atoms with van der Waals surface area (Å²) in [5.41, 5.74) is 0.811. The van der Waals surface area contributed by atoms with Gasteiger partial charge in [0, 0.05) is 19.0 Å². The van der Waals surface area contributed by atoms with Crippen LogP contribution in [0.3, 0.4) is 0 Å². The van der Waals surface area contributed by atoms with Crippen molar-refractivity contribution in [3.63, 3.8) is 0 Å². The largest absolute Gasteiger partial charge is 0.337 e. The van der Waals surface area contributed by atoms with E-state index >= 15 is 0 Å². The number of hydrogen-bond donors (Lipinski definition) is 0. The van der Waals surface area contributed by atoms with Gasteiger partial charge in [-0.1, -0.05) is 0 Å². The fourth-order valence-corrected chi connectivity index (χ4v) is 1.90. The zero-order chi connectivity index (χ0) is 10.6. The van der Waals surface area contributed by atoms with Crippen LogP contribution in [0.25, 0.3) is 0 Å². The van der Waals surface area contributed by atoms with Crippen molar-refractivity contribution in [3.8, 4) is 0 Å². The lowest BCUT2D eigenvalue weighted by atomic mass is 10.5. The van der Waals surface area contributed by atoms with Gasteiger partial charge in [-0.2, -0.15) is 0 Å². The Morgan fingerprint density at radius 2 is 2.29 bits per heavy atom. The smallest absolute Gasteiger partial charge is 0.147 e. The molecule has 0 N–H and O–H groups in total. The zero-order valence-electron chi connectivity index (χ0n) is 7.98. The summed E-state index contributed by atoms with van der Waals surface area (Å²) in [6.45, 7) is 0.664. The molecule has 0 bridgehead atoms. The molecule has 1 heterocycles. The van der Waals surface area contributed by atoms with Gasteiger partial charge in [0.05, 0.1) is 23.7 Å². The third kappa shape index (κ3) is 4.11. The van der Waals surface area contributed by atoms with Gasteiger partial charge in [-0.05, 0) is 6.42 Å². The highest BCUT2D eigenvalue weighted by atomic mass is 35.5. The van der Waals surface area contributed by atoms with E-state index in [1.807, 2.05) is 10.8 Å². The predicted molar refractivity (Wildman–Crippen MR) is 56.1 cm³/mol. The van der Waals surface area contributed by atoms with E-state index in [1.54, 1.807) is 6.33 Å². The van der Waals surface area contributed by atoms with Crippen LogP contribution in [0.1, 0.15) is 12.1 Å². The molecule has 0 atom stereocenters. The number of sulfone groups is 1. The third-order valence-electron chi connectivity index (χ3n) is 1.76. The second kappa shape index (κ2) is 4.79. The van der Waals surface area contributed by atoms with E-state index in [1.165, 1.54) is 6.26 Å². The second-order valence-corrected chi connectivity index (χ2v) is 5.75. The Labute approximate surface area is 88.8 Å². The van der Waals surface area contributed by atoms with Gasteiger partial charge >= 0.3 is 0 Å². The van der Waals surface area contributed by atoms with Crippen LogP contribution in [-0.4, -0.2) is 30.0 Å². The average molecular weight is 237 g/mol. The Morgan fingerprint density at radius 3 is 2.79 bits per heavy atom. The first-order chi connectivity index (χ1) is 6.51. The van der Waals surface area contributed by atoms with Crippen molar-refractivity contribution < 1.29 is 8.42 Å². The number of nitrogens with zero attached hydrogens (tertiary/aromatic N) is 2. The van der Waals surface area contributed by atoms with Crippen molar-refractivity contribution in [3.05, 3.63) is 18.2 Å². The van der Waals surface area contributed by atoms with Gasteiger partial charge in [0.1, 0.15) is 9.84 Å². The summed E-state index contributed by atoms with van der Waals surface area (Å²) in [6, 6.07) is 0. The Bertz CT molecular complexity index is 386. The second-order valence-electron chi connectivity index (χ2n) is 3.22. The topological polar surface area (TPSA) is 52.0 Å². The number of alkyl halides is 1. The minimum absolute atomic E-state index is 0.210. The summed E-state index contributed by atoms with van der Waals surface area (Å²) in [7, 11) is -2.85. The highest BCUT2D eigenvalue weighted by Crippen LogP contribution is 2.01.